The number of benzene rings is 1. The van der Waals surface area contributed by atoms with E-state index in [1.165, 1.54) is 12.7 Å². The molecule has 3 aromatic rings. The molecule has 2 atom stereocenters. The van der Waals surface area contributed by atoms with E-state index in [4.69, 9.17) is 14.6 Å². The number of hydrogen-bond acceptors (Lipinski definition) is 8. The van der Waals surface area contributed by atoms with Gasteiger partial charge in [0.05, 0.1) is 19.2 Å². The van der Waals surface area contributed by atoms with Crippen LogP contribution in [0.3, 0.4) is 0 Å². The molecule has 0 amide bonds. The normalized spacial score (nSPS) is 17.5. The first-order chi connectivity index (χ1) is 17.1. The number of ether oxygens (including phenoxy) is 1. The fraction of sp³-hybridized carbons (Fsp3) is 0.348. The summed E-state index contributed by atoms with van der Waals surface area (Å²) >= 11 is 0. The van der Waals surface area contributed by atoms with Gasteiger partial charge in [-0.1, -0.05) is 30.3 Å². The third kappa shape index (κ3) is 7.17. The fourth-order valence-electron chi connectivity index (χ4n) is 3.79. The number of carbonyl (C=O) groups excluding carboxylic acids is 1. The second-order valence-electron chi connectivity index (χ2n) is 8.06. The third-order valence-corrected chi connectivity index (χ3v) is 5.39. The fourth-order valence-corrected chi connectivity index (χ4v) is 3.79. The smallest absolute Gasteiger partial charge is 0.475 e. The van der Waals surface area contributed by atoms with Gasteiger partial charge < -0.3 is 20.1 Å². The molecule has 1 fully saturated rings. The van der Waals surface area contributed by atoms with Crippen LogP contribution in [0.15, 0.2) is 48.7 Å². The van der Waals surface area contributed by atoms with Crippen molar-refractivity contribution in [2.75, 3.05) is 30.4 Å². The zero-order valence-corrected chi connectivity index (χ0v) is 19.5. The summed E-state index contributed by atoms with van der Waals surface area (Å²) in [6, 6.07) is 14.0. The molecule has 4 rings (SSSR count). The molecule has 2 aromatic heterocycles. The van der Waals surface area contributed by atoms with Gasteiger partial charge in [-0.25, -0.2) is 9.78 Å². The number of nitrogens with one attached hydrogen (secondary N) is 2. The number of piperidine rings is 1. The predicted octanol–water partition coefficient (Wildman–Crippen LogP) is 3.67. The van der Waals surface area contributed by atoms with E-state index in [2.05, 4.69) is 42.5 Å². The van der Waals surface area contributed by atoms with Crippen LogP contribution in [0.4, 0.5) is 30.8 Å². The Balaban J connectivity index is 0.000000454. The number of methoxy groups -OCH3 is 1. The van der Waals surface area contributed by atoms with Crippen molar-refractivity contribution in [3.8, 4) is 0 Å². The number of carbonyl (C=O) groups is 2. The van der Waals surface area contributed by atoms with Crippen molar-refractivity contribution in [3.05, 3.63) is 59.9 Å². The first-order valence-electron chi connectivity index (χ1n) is 10.9. The number of H-pyrrole nitrogens is 1. The number of aryl methyl sites for hydroxylation is 1. The second-order valence-corrected chi connectivity index (χ2v) is 8.06. The van der Waals surface area contributed by atoms with E-state index >= 15 is 0 Å². The molecule has 0 bridgehead atoms. The van der Waals surface area contributed by atoms with E-state index in [0.717, 1.165) is 24.5 Å². The standard InChI is InChI=1S/C21H24N6O2.C2HF3O2/c1-14-10-19(24-18-8-9-22-26-18)25-21(23-14)27-12-16(15-6-4-3-5-7-15)11-17(13-27)20(28)29-2;3-2(4,5)1(6)7/h3-10,16-17H,11-13H2,1-2H3,(H2,22,23,24,25,26);(H,6,7)/t16-,17+;/m1./s1. The van der Waals surface area contributed by atoms with Crippen LogP contribution in [0.1, 0.15) is 23.6 Å². The van der Waals surface area contributed by atoms with Crippen LogP contribution >= 0.6 is 0 Å². The van der Waals surface area contributed by atoms with Gasteiger partial charge in [0.15, 0.2) is 0 Å². The van der Waals surface area contributed by atoms with Crippen molar-refractivity contribution in [2.24, 2.45) is 5.92 Å². The molecule has 192 valence electrons. The van der Waals surface area contributed by atoms with Crippen LogP contribution in [0.5, 0.6) is 0 Å². The van der Waals surface area contributed by atoms with Gasteiger partial charge in [0.2, 0.25) is 5.95 Å². The SMILES string of the molecule is COC(=O)[C@H]1C[C@@H](c2ccccc2)CN(c2nc(C)cc(Nc3ccn[nH]3)n2)C1.O=C(O)C(F)(F)F. The van der Waals surface area contributed by atoms with Crippen LogP contribution in [-0.4, -0.2) is 63.6 Å². The molecular weight excluding hydrogens is 481 g/mol. The van der Waals surface area contributed by atoms with Gasteiger partial charge in [-0.3, -0.25) is 9.89 Å². The van der Waals surface area contributed by atoms with Crippen LogP contribution in [0.25, 0.3) is 0 Å². The first-order valence-corrected chi connectivity index (χ1v) is 10.9. The lowest BCUT2D eigenvalue weighted by atomic mass is 9.84. The number of anilines is 3. The van der Waals surface area contributed by atoms with E-state index in [1.807, 2.05) is 37.3 Å². The molecule has 1 aliphatic heterocycles. The average Bonchev–Trinajstić information content (AvgIpc) is 3.36. The lowest BCUT2D eigenvalue weighted by molar-refractivity contribution is -0.192. The molecule has 10 nitrogen and oxygen atoms in total. The van der Waals surface area contributed by atoms with Gasteiger partial charge >= 0.3 is 18.1 Å². The van der Waals surface area contributed by atoms with E-state index in [1.54, 1.807) is 6.20 Å². The molecule has 0 unspecified atom stereocenters. The lowest BCUT2D eigenvalue weighted by Gasteiger charge is -2.37. The Hall–Kier alpha value is -4.16. The number of aliphatic carboxylic acids is 1. The maximum Gasteiger partial charge on any atom is 0.490 e. The Bertz CT molecular complexity index is 1160. The molecule has 1 saturated heterocycles. The van der Waals surface area contributed by atoms with Crippen molar-refractivity contribution < 1.29 is 32.6 Å². The summed E-state index contributed by atoms with van der Waals surface area (Å²) in [4.78, 5) is 32.6. The van der Waals surface area contributed by atoms with Gasteiger partial charge in [-0.15, -0.1) is 0 Å². The van der Waals surface area contributed by atoms with Gasteiger partial charge in [0.1, 0.15) is 11.6 Å². The number of nitrogens with zero attached hydrogens (tertiary/aromatic N) is 4. The Morgan fingerprint density at radius 3 is 2.44 bits per heavy atom. The monoisotopic (exact) mass is 506 g/mol. The summed E-state index contributed by atoms with van der Waals surface area (Å²) in [7, 11) is 1.44. The number of esters is 1. The highest BCUT2D eigenvalue weighted by atomic mass is 19.4. The molecule has 1 aromatic carbocycles. The molecule has 0 aliphatic carbocycles. The molecule has 3 heterocycles. The molecule has 0 spiro atoms. The minimum atomic E-state index is -5.08. The molecule has 13 heteroatoms. The molecular formula is C23H25F3N6O4. The predicted molar refractivity (Wildman–Crippen MR) is 124 cm³/mol. The summed E-state index contributed by atoms with van der Waals surface area (Å²) in [5, 5.41) is 17.1. The Morgan fingerprint density at radius 1 is 1.17 bits per heavy atom. The van der Waals surface area contributed by atoms with Crippen molar-refractivity contribution in [1.29, 1.82) is 0 Å². The number of aromatic amines is 1. The van der Waals surface area contributed by atoms with Crippen LogP contribution in [0, 0.1) is 12.8 Å². The highest BCUT2D eigenvalue weighted by molar-refractivity contribution is 5.74. The van der Waals surface area contributed by atoms with E-state index in [-0.39, 0.29) is 17.8 Å². The number of halogens is 3. The minimum absolute atomic E-state index is 0.195. The van der Waals surface area contributed by atoms with Gasteiger partial charge in [-0.05, 0) is 18.9 Å². The summed E-state index contributed by atoms with van der Waals surface area (Å²) in [6.07, 6.45) is -2.66. The topological polar surface area (TPSA) is 133 Å². The largest absolute Gasteiger partial charge is 0.490 e. The highest BCUT2D eigenvalue weighted by Gasteiger charge is 2.38. The van der Waals surface area contributed by atoms with Crippen LogP contribution < -0.4 is 10.2 Å². The number of carboxylic acid groups (broad SMARTS) is 1. The molecule has 0 radical (unpaired) electrons. The summed E-state index contributed by atoms with van der Waals surface area (Å²) < 4.78 is 36.8. The van der Waals surface area contributed by atoms with E-state index in [0.29, 0.717) is 18.3 Å². The molecule has 1 aliphatic rings. The van der Waals surface area contributed by atoms with Gasteiger partial charge in [0, 0.05) is 36.8 Å². The van der Waals surface area contributed by atoms with Crippen molar-refractivity contribution >= 4 is 29.5 Å². The van der Waals surface area contributed by atoms with E-state index < -0.39 is 12.1 Å². The summed E-state index contributed by atoms with van der Waals surface area (Å²) in [5.74, 6) is -0.960. The Morgan fingerprint density at radius 2 is 1.86 bits per heavy atom. The third-order valence-electron chi connectivity index (χ3n) is 5.39. The molecule has 0 saturated carbocycles. The molecule has 3 N–H and O–H groups in total. The van der Waals surface area contributed by atoms with Crippen molar-refractivity contribution in [3.63, 3.8) is 0 Å². The van der Waals surface area contributed by atoms with Crippen LogP contribution in [0.2, 0.25) is 0 Å². The molecule has 36 heavy (non-hydrogen) atoms. The number of hydrogen-bond donors (Lipinski definition) is 3. The van der Waals surface area contributed by atoms with E-state index in [9.17, 15) is 18.0 Å². The van der Waals surface area contributed by atoms with Gasteiger partial charge in [-0.2, -0.15) is 23.3 Å². The quantitative estimate of drug-likeness (QED) is 0.443. The first kappa shape index (κ1) is 26.4. The number of alkyl halides is 3. The highest BCUT2D eigenvalue weighted by Crippen LogP contribution is 2.33. The maximum absolute atomic E-state index is 12.4. The Kier molecular flexibility index (Phi) is 8.46. The lowest BCUT2D eigenvalue weighted by Crippen LogP contribution is -2.43. The number of aromatic nitrogens is 4. The second kappa shape index (κ2) is 11.5. The maximum atomic E-state index is 12.4. The Labute approximate surface area is 204 Å². The van der Waals surface area contributed by atoms with Gasteiger partial charge in [0.25, 0.3) is 0 Å². The van der Waals surface area contributed by atoms with Crippen molar-refractivity contribution in [1.82, 2.24) is 20.2 Å². The number of carboxylic acids is 1. The van der Waals surface area contributed by atoms with Crippen LogP contribution in [-0.2, 0) is 14.3 Å². The zero-order valence-electron chi connectivity index (χ0n) is 19.5. The minimum Gasteiger partial charge on any atom is -0.475 e. The van der Waals surface area contributed by atoms with Crippen molar-refractivity contribution in [2.45, 2.75) is 25.4 Å². The average molecular weight is 506 g/mol. The number of rotatable bonds is 5. The zero-order chi connectivity index (χ0) is 26.3. The summed E-state index contributed by atoms with van der Waals surface area (Å²) in [5.41, 5.74) is 2.04. The summed E-state index contributed by atoms with van der Waals surface area (Å²) in [6.45, 7) is 3.20.